The van der Waals surface area contributed by atoms with Crippen molar-refractivity contribution in [1.82, 2.24) is 15.4 Å². The first-order chi connectivity index (χ1) is 18.1. The highest BCUT2D eigenvalue weighted by Gasteiger charge is 2.34. The first-order valence-corrected chi connectivity index (χ1v) is 12.2. The summed E-state index contributed by atoms with van der Waals surface area (Å²) in [5.41, 5.74) is 1.68. The summed E-state index contributed by atoms with van der Waals surface area (Å²) in [4.78, 5) is 26.1. The van der Waals surface area contributed by atoms with Crippen molar-refractivity contribution in [3.63, 3.8) is 0 Å². The quantitative estimate of drug-likeness (QED) is 0.276. The highest BCUT2D eigenvalue weighted by atomic mass is 35.5. The van der Waals surface area contributed by atoms with E-state index in [2.05, 4.69) is 15.8 Å². The van der Waals surface area contributed by atoms with Gasteiger partial charge in [-0.05, 0) is 24.5 Å². The number of aromatic nitrogens is 1. The van der Waals surface area contributed by atoms with Crippen molar-refractivity contribution in [2.45, 2.75) is 44.2 Å². The molecular formula is C26H28ClF3N4O4. The van der Waals surface area contributed by atoms with E-state index in [4.69, 9.17) is 21.2 Å². The van der Waals surface area contributed by atoms with Gasteiger partial charge in [0.1, 0.15) is 18.1 Å². The number of hydrogen-bond acceptors (Lipinski definition) is 5. The summed E-state index contributed by atoms with van der Waals surface area (Å²) in [6, 6.07) is 13.2. The van der Waals surface area contributed by atoms with E-state index in [0.717, 1.165) is 10.5 Å². The summed E-state index contributed by atoms with van der Waals surface area (Å²) >= 11 is 5.90. The van der Waals surface area contributed by atoms with Gasteiger partial charge < -0.3 is 19.8 Å². The van der Waals surface area contributed by atoms with E-state index >= 15 is 0 Å². The van der Waals surface area contributed by atoms with E-state index in [0.29, 0.717) is 11.3 Å². The first kappa shape index (κ1) is 29.0. The fourth-order valence-corrected chi connectivity index (χ4v) is 3.96. The molecule has 1 heterocycles. The smallest absolute Gasteiger partial charge is 0.317 e. The molecule has 0 fully saturated rings. The highest BCUT2D eigenvalue weighted by molar-refractivity contribution is 6.31. The van der Waals surface area contributed by atoms with Gasteiger partial charge in [0.2, 0.25) is 11.8 Å². The molecule has 12 heteroatoms. The molecule has 38 heavy (non-hydrogen) atoms. The zero-order valence-electron chi connectivity index (χ0n) is 20.6. The second kappa shape index (κ2) is 13.3. The Morgan fingerprint density at radius 2 is 1.92 bits per heavy atom. The van der Waals surface area contributed by atoms with E-state index in [1.54, 1.807) is 6.07 Å². The number of aliphatic hydroxyl groups excluding tert-OH is 1. The Balaban J connectivity index is 1.55. The highest BCUT2D eigenvalue weighted by Crippen LogP contribution is 2.26. The van der Waals surface area contributed by atoms with Crippen LogP contribution in [0.3, 0.4) is 0 Å². The van der Waals surface area contributed by atoms with Crippen LogP contribution in [0, 0.1) is 5.82 Å². The largest absolute Gasteiger partial charge is 0.390 e. The van der Waals surface area contributed by atoms with Gasteiger partial charge in [-0.1, -0.05) is 59.2 Å². The van der Waals surface area contributed by atoms with Crippen LogP contribution in [0.25, 0.3) is 11.3 Å². The second-order valence-electron chi connectivity index (χ2n) is 8.74. The molecule has 3 N–H and O–H groups in total. The lowest BCUT2D eigenvalue weighted by molar-refractivity contribution is -0.116. The van der Waals surface area contributed by atoms with E-state index in [1.165, 1.54) is 25.2 Å². The van der Waals surface area contributed by atoms with E-state index in [1.807, 2.05) is 30.3 Å². The van der Waals surface area contributed by atoms with Gasteiger partial charge in [0.05, 0.1) is 5.02 Å². The minimum Gasteiger partial charge on any atom is -0.390 e. The van der Waals surface area contributed by atoms with Gasteiger partial charge in [0.25, 0.3) is 5.92 Å². The van der Waals surface area contributed by atoms with Gasteiger partial charge in [-0.15, -0.1) is 0 Å². The van der Waals surface area contributed by atoms with Gasteiger partial charge in [-0.25, -0.2) is 18.0 Å². The van der Waals surface area contributed by atoms with E-state index < -0.39 is 42.7 Å². The molecule has 0 bridgehead atoms. The summed E-state index contributed by atoms with van der Waals surface area (Å²) in [7, 11) is 1.33. The Morgan fingerprint density at radius 3 is 2.63 bits per heavy atom. The number of nitrogens with zero attached hydrogens (tertiary/aromatic N) is 2. The van der Waals surface area contributed by atoms with Crippen molar-refractivity contribution >= 4 is 29.4 Å². The molecule has 3 amide bonds. The minimum absolute atomic E-state index is 0.0308. The molecule has 0 aliphatic rings. The zero-order chi connectivity index (χ0) is 27.7. The Kier molecular flexibility index (Phi) is 10.1. The Hall–Kier alpha value is -3.57. The van der Waals surface area contributed by atoms with Crippen molar-refractivity contribution < 1.29 is 32.4 Å². The van der Waals surface area contributed by atoms with Crippen molar-refractivity contribution in [3.8, 4) is 11.3 Å². The molecule has 8 nitrogen and oxygen atoms in total. The number of carbonyl (C=O) groups excluding carboxylic acids is 2. The molecule has 1 atom stereocenters. The third-order valence-corrected chi connectivity index (χ3v) is 6.30. The van der Waals surface area contributed by atoms with E-state index in [9.17, 15) is 22.8 Å². The standard InChI is InChI=1S/C26H28ClF3N4O4/c1-34(25(37)31-15-18-9-5-11-20(28)24(18)27)19(14-26(29,30)16-35)10-6-12-22(36)32-23-13-21(33-38-23)17-7-3-2-4-8-17/h2-5,7-9,11,13,19,35H,6,10,12,14-16H2,1H3,(H,31,37)(H,32,36)/t19-/m1/s1. The number of nitrogens with one attached hydrogen (secondary N) is 2. The fraction of sp³-hybridized carbons (Fsp3) is 0.346. The van der Waals surface area contributed by atoms with Crippen molar-refractivity contribution in [2.24, 2.45) is 0 Å². The van der Waals surface area contributed by atoms with Crippen LogP contribution in [0.4, 0.5) is 23.8 Å². The number of anilines is 1. The zero-order valence-corrected chi connectivity index (χ0v) is 21.4. The summed E-state index contributed by atoms with van der Waals surface area (Å²) in [5.74, 6) is -4.35. The number of rotatable bonds is 12. The third-order valence-electron chi connectivity index (χ3n) is 5.88. The number of aliphatic hydroxyl groups is 1. The van der Waals surface area contributed by atoms with Gasteiger partial charge in [-0.2, -0.15) is 0 Å². The lowest BCUT2D eigenvalue weighted by Crippen LogP contribution is -2.46. The maximum atomic E-state index is 14.0. The monoisotopic (exact) mass is 552 g/mol. The average molecular weight is 553 g/mol. The predicted octanol–water partition coefficient (Wildman–Crippen LogP) is 5.47. The Morgan fingerprint density at radius 1 is 1.18 bits per heavy atom. The number of carbonyl (C=O) groups is 2. The summed E-state index contributed by atoms with van der Waals surface area (Å²) in [5, 5.41) is 17.9. The van der Waals surface area contributed by atoms with Crippen LogP contribution in [-0.2, 0) is 11.3 Å². The molecular weight excluding hydrogens is 525 g/mol. The van der Waals surface area contributed by atoms with Gasteiger partial charge in [-0.3, -0.25) is 10.1 Å². The van der Waals surface area contributed by atoms with E-state index in [-0.39, 0.29) is 36.7 Å². The summed E-state index contributed by atoms with van der Waals surface area (Å²) in [6.07, 6.45) is -0.612. The van der Waals surface area contributed by atoms with Crippen molar-refractivity contribution in [1.29, 1.82) is 0 Å². The summed E-state index contributed by atoms with van der Waals surface area (Å²) in [6.45, 7) is -1.50. The third kappa shape index (κ3) is 8.22. The van der Waals surface area contributed by atoms with Gasteiger partial charge in [0, 0.05) is 44.1 Å². The number of urea groups is 1. The molecule has 0 spiro atoms. The number of alkyl halides is 2. The molecule has 2 aromatic carbocycles. The van der Waals surface area contributed by atoms with Crippen LogP contribution < -0.4 is 10.6 Å². The molecule has 204 valence electrons. The maximum Gasteiger partial charge on any atom is 0.317 e. The normalized spacial score (nSPS) is 12.2. The minimum atomic E-state index is -3.43. The molecule has 0 aliphatic heterocycles. The lowest BCUT2D eigenvalue weighted by atomic mass is 10.0. The second-order valence-corrected chi connectivity index (χ2v) is 9.12. The fourth-order valence-electron chi connectivity index (χ4n) is 3.77. The number of halogens is 4. The predicted molar refractivity (Wildman–Crippen MR) is 136 cm³/mol. The number of hydrogen-bond donors (Lipinski definition) is 3. The van der Waals surface area contributed by atoms with Crippen LogP contribution in [0.2, 0.25) is 5.02 Å². The molecule has 3 aromatic rings. The average Bonchev–Trinajstić information content (AvgIpc) is 3.37. The van der Waals surface area contributed by atoms with Crippen molar-refractivity contribution in [2.75, 3.05) is 19.0 Å². The lowest BCUT2D eigenvalue weighted by Gasteiger charge is -2.31. The van der Waals surface area contributed by atoms with Crippen LogP contribution in [-0.4, -0.2) is 52.7 Å². The van der Waals surface area contributed by atoms with Gasteiger partial charge >= 0.3 is 6.03 Å². The number of amides is 3. The molecule has 0 saturated heterocycles. The summed E-state index contributed by atoms with van der Waals surface area (Å²) < 4.78 is 46.8. The molecule has 0 radical (unpaired) electrons. The van der Waals surface area contributed by atoms with Gasteiger partial charge in [0.15, 0.2) is 0 Å². The maximum absolute atomic E-state index is 14.0. The van der Waals surface area contributed by atoms with Crippen LogP contribution in [0.15, 0.2) is 59.1 Å². The van der Waals surface area contributed by atoms with Crippen molar-refractivity contribution in [3.05, 3.63) is 71.0 Å². The molecule has 1 aromatic heterocycles. The molecule has 0 unspecified atom stereocenters. The first-order valence-electron chi connectivity index (χ1n) is 11.8. The van der Waals surface area contributed by atoms with Crippen LogP contribution in [0.1, 0.15) is 31.2 Å². The van der Waals surface area contributed by atoms with Crippen LogP contribution in [0.5, 0.6) is 0 Å². The Labute approximate surface area is 222 Å². The topological polar surface area (TPSA) is 108 Å². The molecule has 0 aliphatic carbocycles. The van der Waals surface area contributed by atoms with Crippen LogP contribution >= 0.6 is 11.6 Å². The molecule has 3 rings (SSSR count). The molecule has 0 saturated carbocycles. The number of benzene rings is 2. The SMILES string of the molecule is CN(C(=O)NCc1cccc(F)c1Cl)[C@H](CCCC(=O)Nc1cc(-c2ccccc2)no1)CC(F)(F)CO. The Bertz CT molecular complexity index is 1230.